The van der Waals surface area contributed by atoms with E-state index in [4.69, 9.17) is 9.63 Å². The molecular weight excluding hydrogens is 592 g/mol. The van der Waals surface area contributed by atoms with Crippen LogP contribution in [0.5, 0.6) is 5.75 Å². The number of nitrogens with one attached hydrogen (secondary N) is 3. The molecule has 38 heavy (non-hydrogen) atoms. The van der Waals surface area contributed by atoms with E-state index in [2.05, 4.69) is 46.8 Å². The van der Waals surface area contributed by atoms with Crippen molar-refractivity contribution in [1.82, 2.24) is 20.3 Å². The van der Waals surface area contributed by atoms with Crippen LogP contribution in [0, 0.1) is 0 Å². The number of hydrogen-bond donors (Lipinski definition) is 4. The molecule has 4 N–H and O–H groups in total. The van der Waals surface area contributed by atoms with Gasteiger partial charge in [-0.15, -0.1) is 0 Å². The van der Waals surface area contributed by atoms with Crippen molar-refractivity contribution in [3.63, 3.8) is 0 Å². The summed E-state index contributed by atoms with van der Waals surface area (Å²) in [7, 11) is 0.660. The van der Waals surface area contributed by atoms with E-state index in [1.165, 1.54) is 26.3 Å². The smallest absolute Gasteiger partial charge is 0.495 e. The average Bonchev–Trinajstić information content (AvgIpc) is 2.87. The minimum absolute atomic E-state index is 0.00961. The Hall–Kier alpha value is -3.35. The van der Waals surface area contributed by atoms with Crippen LogP contribution in [0.3, 0.4) is 0 Å². The number of benzene rings is 1. The number of aromatic nitrogens is 3. The van der Waals surface area contributed by atoms with Gasteiger partial charge < -0.3 is 20.7 Å². The second kappa shape index (κ2) is 12.9. The van der Waals surface area contributed by atoms with Crippen LogP contribution in [0.4, 0.5) is 36.3 Å². The van der Waals surface area contributed by atoms with Crippen molar-refractivity contribution in [2.75, 3.05) is 31.0 Å². The number of carbonyl (C=O) groups is 1. The Balaban J connectivity index is 1.90. The minimum atomic E-state index is -4.78. The van der Waals surface area contributed by atoms with Crippen molar-refractivity contribution in [2.24, 2.45) is 0 Å². The number of nitrogens with zero attached hydrogens (tertiary/aromatic N) is 3. The van der Waals surface area contributed by atoms with E-state index < -0.39 is 31.5 Å². The van der Waals surface area contributed by atoms with Gasteiger partial charge in [-0.2, -0.15) is 23.0 Å². The number of alkyl halides is 3. The summed E-state index contributed by atoms with van der Waals surface area (Å²) in [5.41, 5.74) is 0.0693. The molecule has 1 atom stereocenters. The summed E-state index contributed by atoms with van der Waals surface area (Å²) < 4.78 is 57.8. The third-order valence-electron chi connectivity index (χ3n) is 5.23. The highest BCUT2D eigenvalue weighted by atomic mass is 79.9. The van der Waals surface area contributed by atoms with E-state index in [1.54, 1.807) is 18.2 Å². The fourth-order valence-electron chi connectivity index (χ4n) is 3.39. The maximum atomic E-state index is 13.7. The standard InChI is InChI=1S/C23H23BrF3N6O4P/c1-28-21(34)19-16(8-9-18(24)32-19)30-20-14(23(25,26)27)12-29-22(33-20)31-15-7-6-13(11-17(15)37-2)5-3-4-10-38(35)36/h6-9,11-12H,3-5,10H2,1-2H3,(H3-,28,29,30,31,33,34,35,36)/p+1. The van der Waals surface area contributed by atoms with E-state index in [0.717, 1.165) is 5.56 Å². The van der Waals surface area contributed by atoms with Crippen LogP contribution in [0.15, 0.2) is 41.1 Å². The molecule has 0 aliphatic carbocycles. The Morgan fingerprint density at radius 3 is 2.53 bits per heavy atom. The summed E-state index contributed by atoms with van der Waals surface area (Å²) in [4.78, 5) is 33.0. The van der Waals surface area contributed by atoms with Crippen LogP contribution in [0.2, 0.25) is 0 Å². The molecule has 2 heterocycles. The summed E-state index contributed by atoms with van der Waals surface area (Å²) in [6.07, 6.45) is -1.96. The fraction of sp³-hybridized carbons (Fsp3) is 0.304. The van der Waals surface area contributed by atoms with E-state index in [0.29, 0.717) is 41.5 Å². The van der Waals surface area contributed by atoms with E-state index >= 15 is 0 Å². The summed E-state index contributed by atoms with van der Waals surface area (Å²) in [5, 5.41) is 7.83. The lowest BCUT2D eigenvalue weighted by molar-refractivity contribution is -0.137. The lowest BCUT2D eigenvalue weighted by Gasteiger charge is -2.17. The van der Waals surface area contributed by atoms with Gasteiger partial charge in [0.2, 0.25) is 5.95 Å². The van der Waals surface area contributed by atoms with Crippen LogP contribution >= 0.6 is 24.0 Å². The zero-order chi connectivity index (χ0) is 27.9. The number of halogens is 4. The average molecular weight is 616 g/mol. The molecule has 0 fully saturated rings. The van der Waals surface area contributed by atoms with E-state index in [1.807, 2.05) is 0 Å². The predicted molar refractivity (Wildman–Crippen MR) is 140 cm³/mol. The first-order valence-electron chi connectivity index (χ1n) is 11.2. The number of hydrogen-bond acceptors (Lipinski definition) is 8. The zero-order valence-corrected chi connectivity index (χ0v) is 22.7. The Bertz CT molecular complexity index is 1330. The van der Waals surface area contributed by atoms with Gasteiger partial charge >= 0.3 is 14.2 Å². The lowest BCUT2D eigenvalue weighted by Crippen LogP contribution is -2.21. The maximum absolute atomic E-state index is 13.7. The first-order valence-corrected chi connectivity index (χ1v) is 13.4. The Morgan fingerprint density at radius 2 is 1.87 bits per heavy atom. The molecule has 0 bridgehead atoms. The highest BCUT2D eigenvalue weighted by molar-refractivity contribution is 9.10. The predicted octanol–water partition coefficient (Wildman–Crippen LogP) is 5.57. The number of anilines is 4. The molecule has 0 spiro atoms. The third-order valence-corrected chi connectivity index (χ3v) is 6.37. The first kappa shape index (κ1) is 29.2. The molecule has 2 aromatic heterocycles. The molecule has 10 nitrogen and oxygen atoms in total. The molecule has 1 unspecified atom stereocenters. The molecule has 202 valence electrons. The number of amides is 1. The quantitative estimate of drug-likeness (QED) is 0.124. The maximum Gasteiger partial charge on any atom is 0.505 e. The highest BCUT2D eigenvalue weighted by Crippen LogP contribution is 2.36. The van der Waals surface area contributed by atoms with Gasteiger partial charge in [0.25, 0.3) is 5.91 Å². The largest absolute Gasteiger partial charge is 0.505 e. The zero-order valence-electron chi connectivity index (χ0n) is 20.3. The number of ether oxygens (including phenoxy) is 1. The van der Waals surface area contributed by atoms with Gasteiger partial charge in [0.15, 0.2) is 11.9 Å². The van der Waals surface area contributed by atoms with Gasteiger partial charge in [0.1, 0.15) is 21.7 Å². The number of pyridine rings is 1. The number of carbonyl (C=O) groups excluding carboxylic acids is 1. The summed E-state index contributed by atoms with van der Waals surface area (Å²) in [6.45, 7) is 0. The van der Waals surface area contributed by atoms with Crippen LogP contribution in [0.25, 0.3) is 0 Å². The number of rotatable bonds is 11. The Morgan fingerprint density at radius 1 is 1.13 bits per heavy atom. The van der Waals surface area contributed by atoms with Crippen molar-refractivity contribution in [3.8, 4) is 5.75 Å². The second-order valence-electron chi connectivity index (χ2n) is 7.88. The number of methoxy groups -OCH3 is 1. The molecule has 3 aromatic rings. The number of aryl methyl sites for hydroxylation is 1. The van der Waals surface area contributed by atoms with Gasteiger partial charge in [-0.3, -0.25) is 4.79 Å². The van der Waals surface area contributed by atoms with Crippen molar-refractivity contribution in [2.45, 2.75) is 25.4 Å². The van der Waals surface area contributed by atoms with Crippen molar-refractivity contribution >= 4 is 53.0 Å². The minimum Gasteiger partial charge on any atom is -0.495 e. The SMILES string of the molecule is CNC(=O)c1nc(Br)ccc1Nc1nc(Nc2ccc(CCCC[P+](=O)O)cc2OC)ncc1C(F)(F)F. The summed E-state index contributed by atoms with van der Waals surface area (Å²) >= 11 is 3.15. The van der Waals surface area contributed by atoms with Crippen LogP contribution < -0.4 is 20.7 Å². The monoisotopic (exact) mass is 615 g/mol. The van der Waals surface area contributed by atoms with E-state index in [-0.39, 0.29) is 23.5 Å². The number of unbranched alkanes of at least 4 members (excludes halogenated alkanes) is 1. The molecule has 0 aliphatic heterocycles. The topological polar surface area (TPSA) is 138 Å². The molecular formula is C23H24BrF3N6O4P+. The van der Waals surface area contributed by atoms with Crippen molar-refractivity contribution in [1.29, 1.82) is 0 Å². The molecule has 15 heteroatoms. The fourth-order valence-corrected chi connectivity index (χ4v) is 4.19. The molecule has 0 radical (unpaired) electrons. The molecule has 0 aliphatic rings. The summed E-state index contributed by atoms with van der Waals surface area (Å²) in [5.74, 6) is -0.926. The third kappa shape index (κ3) is 7.83. The highest BCUT2D eigenvalue weighted by Gasteiger charge is 2.36. The summed E-state index contributed by atoms with van der Waals surface area (Å²) in [6, 6.07) is 8.11. The van der Waals surface area contributed by atoms with E-state index in [9.17, 15) is 22.5 Å². The Kier molecular flexibility index (Phi) is 9.95. The normalized spacial score (nSPS) is 11.6. The molecule has 0 saturated carbocycles. The molecule has 3 rings (SSSR count). The van der Waals surface area contributed by atoms with Crippen LogP contribution in [-0.4, -0.2) is 46.1 Å². The van der Waals surface area contributed by atoms with Crippen LogP contribution in [-0.2, 0) is 17.2 Å². The first-order chi connectivity index (χ1) is 18.0. The van der Waals surface area contributed by atoms with Crippen LogP contribution in [0.1, 0.15) is 34.5 Å². The molecule has 1 amide bonds. The van der Waals surface area contributed by atoms with Gasteiger partial charge in [-0.25, -0.2) is 9.97 Å². The molecule has 1 aromatic carbocycles. The molecule has 0 saturated heterocycles. The van der Waals surface area contributed by atoms with Gasteiger partial charge in [-0.1, -0.05) is 6.07 Å². The van der Waals surface area contributed by atoms with Gasteiger partial charge in [0, 0.05) is 13.2 Å². The van der Waals surface area contributed by atoms with Gasteiger partial charge in [0.05, 0.1) is 18.5 Å². The second-order valence-corrected chi connectivity index (χ2v) is 9.84. The van der Waals surface area contributed by atoms with Crippen molar-refractivity contribution in [3.05, 3.63) is 58.0 Å². The lowest BCUT2D eigenvalue weighted by atomic mass is 10.1. The van der Waals surface area contributed by atoms with Gasteiger partial charge in [-0.05, 0) is 69.6 Å². The Labute approximate surface area is 225 Å². The van der Waals surface area contributed by atoms with Crippen molar-refractivity contribution < 1.29 is 32.2 Å².